The molecule has 1 amide bonds. The molecule has 0 aliphatic carbocycles. The van der Waals surface area contributed by atoms with Crippen LogP contribution in [0.15, 0.2) is 36.8 Å². The fourth-order valence-corrected chi connectivity index (χ4v) is 1.80. The molecule has 122 valence electrons. The summed E-state index contributed by atoms with van der Waals surface area (Å²) >= 11 is 0. The van der Waals surface area contributed by atoms with Crippen LogP contribution < -0.4 is 10.6 Å². The van der Waals surface area contributed by atoms with Crippen molar-refractivity contribution in [3.63, 3.8) is 0 Å². The van der Waals surface area contributed by atoms with Crippen molar-refractivity contribution in [3.8, 4) is 5.69 Å². The molecule has 2 rings (SSSR count). The number of benzene rings is 1. The fourth-order valence-electron chi connectivity index (χ4n) is 1.80. The molecule has 8 heteroatoms. The van der Waals surface area contributed by atoms with Gasteiger partial charge in [0.15, 0.2) is 0 Å². The number of carbonyl (C=O) groups is 1. The van der Waals surface area contributed by atoms with Crippen LogP contribution in [0, 0.1) is 5.82 Å². The number of likely N-dealkylation sites (N-methyl/N-ethyl adjacent to an activating group) is 1. The molecule has 0 radical (unpaired) electrons. The molecule has 0 fully saturated rings. The topological polar surface area (TPSA) is 58.9 Å². The molecular formula is C14H19Cl2FN4O. The van der Waals surface area contributed by atoms with Gasteiger partial charge in [0.05, 0.1) is 12.5 Å². The molecule has 1 aromatic heterocycles. The second kappa shape index (κ2) is 10.2. The summed E-state index contributed by atoms with van der Waals surface area (Å²) in [6, 6.07) is 5.91. The number of hydrogen-bond donors (Lipinski definition) is 2. The van der Waals surface area contributed by atoms with E-state index in [0.717, 1.165) is 6.54 Å². The van der Waals surface area contributed by atoms with Crippen LogP contribution >= 0.6 is 24.8 Å². The summed E-state index contributed by atoms with van der Waals surface area (Å²) in [7, 11) is 0. The van der Waals surface area contributed by atoms with Crippen molar-refractivity contribution < 1.29 is 9.18 Å². The Hall–Kier alpha value is -1.63. The molecular weight excluding hydrogens is 330 g/mol. The molecule has 2 N–H and O–H groups in total. The van der Waals surface area contributed by atoms with Gasteiger partial charge in [0.1, 0.15) is 11.5 Å². The van der Waals surface area contributed by atoms with Crippen LogP contribution in [0.1, 0.15) is 17.4 Å². The van der Waals surface area contributed by atoms with E-state index in [1.807, 2.05) is 6.92 Å². The molecule has 0 bridgehead atoms. The summed E-state index contributed by atoms with van der Waals surface area (Å²) in [4.78, 5) is 16.0. The Morgan fingerprint density at radius 1 is 1.23 bits per heavy atom. The molecule has 0 saturated heterocycles. The van der Waals surface area contributed by atoms with Gasteiger partial charge in [-0.2, -0.15) is 0 Å². The van der Waals surface area contributed by atoms with Crippen LogP contribution in [-0.4, -0.2) is 35.1 Å². The lowest BCUT2D eigenvalue weighted by atomic mass is 10.3. The number of nitrogens with zero attached hydrogens (tertiary/aromatic N) is 2. The number of hydrogen-bond acceptors (Lipinski definition) is 3. The molecule has 0 spiro atoms. The number of imidazole rings is 1. The molecule has 1 heterocycles. The highest BCUT2D eigenvalue weighted by molar-refractivity contribution is 5.93. The third-order valence-corrected chi connectivity index (χ3v) is 2.81. The molecule has 2 aromatic rings. The van der Waals surface area contributed by atoms with Crippen molar-refractivity contribution in [1.29, 1.82) is 0 Å². The predicted octanol–water partition coefficient (Wildman–Crippen LogP) is 2.19. The zero-order chi connectivity index (χ0) is 14.4. The lowest BCUT2D eigenvalue weighted by Crippen LogP contribution is -2.32. The van der Waals surface area contributed by atoms with Gasteiger partial charge < -0.3 is 10.6 Å². The van der Waals surface area contributed by atoms with Crippen LogP contribution in [-0.2, 0) is 0 Å². The monoisotopic (exact) mass is 348 g/mol. The minimum absolute atomic E-state index is 0. The van der Waals surface area contributed by atoms with Gasteiger partial charge in [0.2, 0.25) is 0 Å². The normalized spacial score (nSPS) is 9.55. The lowest BCUT2D eigenvalue weighted by Gasteiger charge is -2.09. The van der Waals surface area contributed by atoms with Gasteiger partial charge in [-0.3, -0.25) is 9.36 Å². The Bertz CT molecular complexity index is 574. The summed E-state index contributed by atoms with van der Waals surface area (Å²) in [5.41, 5.74) is 1.12. The first-order valence-electron chi connectivity index (χ1n) is 6.49. The van der Waals surface area contributed by atoms with Crippen molar-refractivity contribution in [2.45, 2.75) is 6.92 Å². The highest BCUT2D eigenvalue weighted by Crippen LogP contribution is 2.12. The van der Waals surface area contributed by atoms with E-state index >= 15 is 0 Å². The summed E-state index contributed by atoms with van der Waals surface area (Å²) in [5.74, 6) is -0.518. The molecule has 0 saturated carbocycles. The van der Waals surface area contributed by atoms with E-state index < -0.39 is 0 Å². The highest BCUT2D eigenvalue weighted by Gasteiger charge is 2.12. The Morgan fingerprint density at radius 2 is 1.91 bits per heavy atom. The summed E-state index contributed by atoms with van der Waals surface area (Å²) in [6.45, 7) is 4.13. The summed E-state index contributed by atoms with van der Waals surface area (Å²) in [6.07, 6.45) is 3.03. The Kier molecular flexibility index (Phi) is 9.40. The van der Waals surface area contributed by atoms with E-state index in [4.69, 9.17) is 0 Å². The lowest BCUT2D eigenvalue weighted by molar-refractivity contribution is 0.0947. The maximum absolute atomic E-state index is 12.9. The zero-order valence-corrected chi connectivity index (χ0v) is 13.7. The minimum Gasteiger partial charge on any atom is -0.349 e. The van der Waals surface area contributed by atoms with Gasteiger partial charge in [0.25, 0.3) is 5.91 Å². The molecule has 0 unspecified atom stereocenters. The van der Waals surface area contributed by atoms with Crippen molar-refractivity contribution in [1.82, 2.24) is 20.2 Å². The molecule has 0 aliphatic rings. The van der Waals surface area contributed by atoms with E-state index in [9.17, 15) is 9.18 Å². The van der Waals surface area contributed by atoms with Crippen molar-refractivity contribution in [2.24, 2.45) is 0 Å². The minimum atomic E-state index is -0.314. The van der Waals surface area contributed by atoms with Crippen LogP contribution in [0.4, 0.5) is 4.39 Å². The second-order valence-electron chi connectivity index (χ2n) is 4.23. The number of halogens is 3. The van der Waals surface area contributed by atoms with Gasteiger partial charge in [-0.25, -0.2) is 9.37 Å². The average molecular weight is 349 g/mol. The quantitative estimate of drug-likeness (QED) is 0.786. The van der Waals surface area contributed by atoms with Crippen LogP contribution in [0.5, 0.6) is 0 Å². The number of nitrogens with one attached hydrogen (secondary N) is 2. The third-order valence-electron chi connectivity index (χ3n) is 2.81. The van der Waals surface area contributed by atoms with E-state index in [1.165, 1.54) is 24.7 Å². The molecule has 22 heavy (non-hydrogen) atoms. The van der Waals surface area contributed by atoms with E-state index in [1.54, 1.807) is 16.7 Å². The molecule has 5 nitrogen and oxygen atoms in total. The van der Waals surface area contributed by atoms with E-state index in [2.05, 4.69) is 15.6 Å². The number of amides is 1. The predicted molar refractivity (Wildman–Crippen MR) is 88.9 cm³/mol. The number of aromatic nitrogens is 2. The van der Waals surface area contributed by atoms with Gasteiger partial charge in [-0.15, -0.1) is 24.8 Å². The smallest absolute Gasteiger partial charge is 0.269 e. The maximum atomic E-state index is 12.9. The molecule has 1 aromatic carbocycles. The SMILES string of the molecule is CCNCCNC(=O)c1cncn1-c1ccc(F)cc1.Cl.Cl. The molecule has 0 atom stereocenters. The summed E-state index contributed by atoms with van der Waals surface area (Å²) in [5, 5.41) is 5.93. The van der Waals surface area contributed by atoms with Crippen molar-refractivity contribution in [2.75, 3.05) is 19.6 Å². The van der Waals surface area contributed by atoms with Gasteiger partial charge in [0, 0.05) is 18.8 Å². The zero-order valence-electron chi connectivity index (χ0n) is 12.1. The van der Waals surface area contributed by atoms with Crippen LogP contribution in [0.2, 0.25) is 0 Å². The summed E-state index contributed by atoms with van der Waals surface area (Å²) < 4.78 is 14.5. The highest BCUT2D eigenvalue weighted by atomic mass is 35.5. The largest absolute Gasteiger partial charge is 0.349 e. The Morgan fingerprint density at radius 3 is 2.55 bits per heavy atom. The average Bonchev–Trinajstić information content (AvgIpc) is 2.93. The van der Waals surface area contributed by atoms with Crippen LogP contribution in [0.25, 0.3) is 5.69 Å². The van der Waals surface area contributed by atoms with Crippen molar-refractivity contribution in [3.05, 3.63) is 48.3 Å². The second-order valence-corrected chi connectivity index (χ2v) is 4.23. The van der Waals surface area contributed by atoms with Gasteiger partial charge in [-0.1, -0.05) is 6.92 Å². The van der Waals surface area contributed by atoms with Gasteiger partial charge >= 0.3 is 0 Å². The standard InChI is InChI=1S/C14H17FN4O.2ClH/c1-2-16-7-8-18-14(20)13-9-17-10-19(13)12-5-3-11(15)4-6-12;;/h3-6,9-10,16H,2,7-8H2,1H3,(H,18,20);2*1H. The Labute approximate surface area is 141 Å². The third kappa shape index (κ3) is 5.29. The first-order chi connectivity index (χ1) is 9.72. The Balaban J connectivity index is 0.00000220. The van der Waals surface area contributed by atoms with Gasteiger partial charge in [-0.05, 0) is 30.8 Å². The number of carbonyl (C=O) groups excluding carboxylic acids is 1. The van der Waals surface area contributed by atoms with E-state index in [-0.39, 0.29) is 36.5 Å². The van der Waals surface area contributed by atoms with Crippen LogP contribution in [0.3, 0.4) is 0 Å². The fraction of sp³-hybridized carbons (Fsp3) is 0.286. The first-order valence-corrected chi connectivity index (χ1v) is 6.49. The number of rotatable bonds is 6. The first kappa shape index (κ1) is 20.4. The molecule has 0 aliphatic heterocycles. The van der Waals surface area contributed by atoms with Crippen molar-refractivity contribution >= 4 is 30.7 Å². The maximum Gasteiger partial charge on any atom is 0.269 e. The van der Waals surface area contributed by atoms with E-state index in [0.29, 0.717) is 24.5 Å².